The highest BCUT2D eigenvalue weighted by molar-refractivity contribution is 5.75. The first-order chi connectivity index (χ1) is 12.0. The summed E-state index contributed by atoms with van der Waals surface area (Å²) in [6.07, 6.45) is 2.78. The lowest BCUT2D eigenvalue weighted by Crippen LogP contribution is -2.48. The first-order valence-corrected chi connectivity index (χ1v) is 8.35. The Kier molecular flexibility index (Phi) is 4.97. The van der Waals surface area contributed by atoms with E-state index < -0.39 is 5.92 Å². The first-order valence-electron chi connectivity index (χ1n) is 8.35. The average Bonchev–Trinajstić information content (AvgIpc) is 2.61. The largest absolute Gasteiger partial charge is 0.327 e. The lowest BCUT2D eigenvalue weighted by Gasteiger charge is -2.33. The van der Waals surface area contributed by atoms with Crippen molar-refractivity contribution in [3.8, 4) is 0 Å². The van der Waals surface area contributed by atoms with Gasteiger partial charge < -0.3 is 10.2 Å². The van der Waals surface area contributed by atoms with Crippen LogP contribution in [0.15, 0.2) is 48.8 Å². The third-order valence-corrected chi connectivity index (χ3v) is 4.59. The number of halogens is 2. The Balaban J connectivity index is 1.81. The molecule has 0 unspecified atom stereocenters. The van der Waals surface area contributed by atoms with Gasteiger partial charge in [-0.05, 0) is 35.7 Å². The van der Waals surface area contributed by atoms with Crippen LogP contribution in [-0.2, 0) is 0 Å². The summed E-state index contributed by atoms with van der Waals surface area (Å²) in [6, 6.07) is 10.8. The topological polar surface area (TPSA) is 45.2 Å². The zero-order chi connectivity index (χ0) is 17.9. The van der Waals surface area contributed by atoms with Crippen LogP contribution in [0.5, 0.6) is 0 Å². The standard InChI is InChI=1S/C19H21F2N3O/c1-14-4-2-3-5-16(14)17(15-6-10-22-11-7-15)23-18(25)24-12-8-19(20,21)9-13-24/h2-7,10-11,17H,8-9,12-13H2,1H3,(H,23,25)/t17-/m0/s1. The summed E-state index contributed by atoms with van der Waals surface area (Å²) in [7, 11) is 0. The molecule has 0 spiro atoms. The minimum absolute atomic E-state index is 0.0651. The summed E-state index contributed by atoms with van der Waals surface area (Å²) >= 11 is 0. The third kappa shape index (κ3) is 4.13. The van der Waals surface area contributed by atoms with E-state index in [9.17, 15) is 13.6 Å². The van der Waals surface area contributed by atoms with E-state index in [1.54, 1.807) is 12.4 Å². The molecule has 2 heterocycles. The van der Waals surface area contributed by atoms with Crippen molar-refractivity contribution >= 4 is 6.03 Å². The number of nitrogens with one attached hydrogen (secondary N) is 1. The Labute approximate surface area is 145 Å². The van der Waals surface area contributed by atoms with Gasteiger partial charge in [-0.15, -0.1) is 0 Å². The maximum atomic E-state index is 13.3. The van der Waals surface area contributed by atoms with Gasteiger partial charge in [-0.1, -0.05) is 24.3 Å². The van der Waals surface area contributed by atoms with E-state index in [2.05, 4.69) is 10.3 Å². The second-order valence-corrected chi connectivity index (χ2v) is 6.36. The zero-order valence-electron chi connectivity index (χ0n) is 14.1. The van der Waals surface area contributed by atoms with Gasteiger partial charge in [0.1, 0.15) is 0 Å². The van der Waals surface area contributed by atoms with E-state index in [0.717, 1.165) is 16.7 Å². The number of aromatic nitrogens is 1. The minimum atomic E-state index is -2.67. The van der Waals surface area contributed by atoms with Crippen LogP contribution in [0.25, 0.3) is 0 Å². The van der Waals surface area contributed by atoms with E-state index >= 15 is 0 Å². The molecular formula is C19H21F2N3O. The molecule has 1 atom stereocenters. The molecule has 2 amide bonds. The molecule has 4 nitrogen and oxygen atoms in total. The van der Waals surface area contributed by atoms with Crippen LogP contribution in [0, 0.1) is 6.92 Å². The molecular weight excluding hydrogens is 324 g/mol. The van der Waals surface area contributed by atoms with Crippen molar-refractivity contribution in [3.63, 3.8) is 0 Å². The number of carbonyl (C=O) groups is 1. The van der Waals surface area contributed by atoms with Crippen molar-refractivity contribution in [2.45, 2.75) is 31.7 Å². The van der Waals surface area contributed by atoms with Crippen LogP contribution >= 0.6 is 0 Å². The van der Waals surface area contributed by atoms with Gasteiger partial charge in [-0.3, -0.25) is 4.98 Å². The molecule has 2 aromatic rings. The molecule has 0 radical (unpaired) electrons. The molecule has 1 aliphatic rings. The number of hydrogen-bond donors (Lipinski definition) is 1. The van der Waals surface area contributed by atoms with E-state index in [1.807, 2.05) is 43.3 Å². The highest BCUT2D eigenvalue weighted by atomic mass is 19.3. The molecule has 1 aromatic heterocycles. The Bertz CT molecular complexity index is 726. The van der Waals surface area contributed by atoms with Gasteiger partial charge >= 0.3 is 6.03 Å². The number of alkyl halides is 2. The normalized spacial score (nSPS) is 17.8. The summed E-state index contributed by atoms with van der Waals surface area (Å²) < 4.78 is 26.6. The van der Waals surface area contributed by atoms with Crippen molar-refractivity contribution in [2.75, 3.05) is 13.1 Å². The molecule has 1 saturated heterocycles. The molecule has 6 heteroatoms. The fraction of sp³-hybridized carbons (Fsp3) is 0.368. The second kappa shape index (κ2) is 7.17. The van der Waals surface area contributed by atoms with Crippen LogP contribution in [0.2, 0.25) is 0 Å². The van der Waals surface area contributed by atoms with Crippen molar-refractivity contribution in [2.24, 2.45) is 0 Å². The number of piperidine rings is 1. The second-order valence-electron chi connectivity index (χ2n) is 6.36. The van der Waals surface area contributed by atoms with Gasteiger partial charge in [0.2, 0.25) is 0 Å². The quantitative estimate of drug-likeness (QED) is 0.916. The predicted molar refractivity (Wildman–Crippen MR) is 91.5 cm³/mol. The molecule has 0 aliphatic carbocycles. The Morgan fingerprint density at radius 3 is 2.44 bits per heavy atom. The molecule has 1 aromatic carbocycles. The van der Waals surface area contributed by atoms with Crippen molar-refractivity contribution in [3.05, 3.63) is 65.5 Å². The maximum absolute atomic E-state index is 13.3. The number of nitrogens with zero attached hydrogens (tertiary/aromatic N) is 2. The van der Waals surface area contributed by atoms with Crippen LogP contribution in [0.3, 0.4) is 0 Å². The number of likely N-dealkylation sites (tertiary alicyclic amines) is 1. The number of amides is 2. The molecule has 1 N–H and O–H groups in total. The monoisotopic (exact) mass is 345 g/mol. The van der Waals surface area contributed by atoms with Gasteiger partial charge in [-0.2, -0.15) is 0 Å². The summed E-state index contributed by atoms with van der Waals surface area (Å²) in [5.74, 6) is -2.67. The van der Waals surface area contributed by atoms with Crippen LogP contribution in [-0.4, -0.2) is 34.9 Å². The lowest BCUT2D eigenvalue weighted by atomic mass is 9.96. The van der Waals surface area contributed by atoms with Gasteiger partial charge in [-0.25, -0.2) is 13.6 Å². The van der Waals surface area contributed by atoms with E-state index in [1.165, 1.54) is 4.90 Å². The maximum Gasteiger partial charge on any atom is 0.318 e. The van der Waals surface area contributed by atoms with Crippen LogP contribution < -0.4 is 5.32 Å². The zero-order valence-corrected chi connectivity index (χ0v) is 14.1. The molecule has 1 aliphatic heterocycles. The van der Waals surface area contributed by atoms with E-state index in [0.29, 0.717) is 0 Å². The third-order valence-electron chi connectivity index (χ3n) is 4.59. The summed E-state index contributed by atoms with van der Waals surface area (Å²) in [5.41, 5.74) is 2.93. The van der Waals surface area contributed by atoms with Crippen LogP contribution in [0.4, 0.5) is 13.6 Å². The minimum Gasteiger partial charge on any atom is -0.327 e. The Hall–Kier alpha value is -2.50. The summed E-state index contributed by atoms with van der Waals surface area (Å²) in [6.45, 7) is 2.11. The average molecular weight is 345 g/mol. The number of carbonyl (C=O) groups excluding carboxylic acids is 1. The molecule has 0 bridgehead atoms. The van der Waals surface area contributed by atoms with Gasteiger partial charge in [0, 0.05) is 38.3 Å². The smallest absolute Gasteiger partial charge is 0.318 e. The molecule has 0 saturated carbocycles. The summed E-state index contributed by atoms with van der Waals surface area (Å²) in [4.78, 5) is 18.1. The van der Waals surface area contributed by atoms with Gasteiger partial charge in [0.05, 0.1) is 6.04 Å². The fourth-order valence-electron chi connectivity index (χ4n) is 3.06. The number of rotatable bonds is 3. The number of benzene rings is 1. The van der Waals surface area contributed by atoms with E-state index in [-0.39, 0.29) is 38.0 Å². The van der Waals surface area contributed by atoms with Crippen molar-refractivity contribution in [1.82, 2.24) is 15.2 Å². The van der Waals surface area contributed by atoms with Crippen molar-refractivity contribution in [1.29, 1.82) is 0 Å². The highest BCUT2D eigenvalue weighted by Gasteiger charge is 2.36. The number of aryl methyl sites for hydroxylation is 1. The Morgan fingerprint density at radius 2 is 1.80 bits per heavy atom. The SMILES string of the molecule is Cc1ccccc1[C@@H](NC(=O)N1CCC(F)(F)CC1)c1ccncc1. The number of urea groups is 1. The van der Waals surface area contributed by atoms with E-state index in [4.69, 9.17) is 0 Å². The van der Waals surface area contributed by atoms with Crippen molar-refractivity contribution < 1.29 is 13.6 Å². The van der Waals surface area contributed by atoms with Gasteiger partial charge in [0.25, 0.3) is 5.92 Å². The fourth-order valence-corrected chi connectivity index (χ4v) is 3.06. The molecule has 3 rings (SSSR count). The van der Waals surface area contributed by atoms with Crippen LogP contribution in [0.1, 0.15) is 35.6 Å². The number of hydrogen-bond acceptors (Lipinski definition) is 2. The molecule has 25 heavy (non-hydrogen) atoms. The highest BCUT2D eigenvalue weighted by Crippen LogP contribution is 2.29. The first kappa shape index (κ1) is 17.3. The molecule has 132 valence electrons. The number of pyridine rings is 1. The lowest BCUT2D eigenvalue weighted by molar-refractivity contribution is -0.0470. The van der Waals surface area contributed by atoms with Gasteiger partial charge in [0.15, 0.2) is 0 Å². The summed E-state index contributed by atoms with van der Waals surface area (Å²) in [5, 5.41) is 3.00. The Morgan fingerprint density at radius 1 is 1.16 bits per heavy atom. The molecule has 1 fully saturated rings. The predicted octanol–water partition coefficient (Wildman–Crippen LogP) is 3.92.